The Hall–Kier alpha value is -3.13. The largest absolute Gasteiger partial charge is 0.486 e. The zero-order valence-electron chi connectivity index (χ0n) is 16.8. The summed E-state index contributed by atoms with van der Waals surface area (Å²) in [6.45, 7) is 5.06. The lowest BCUT2D eigenvalue weighted by Crippen LogP contribution is -2.23. The number of hydrogen-bond acceptors (Lipinski definition) is 6. The number of ether oxygens (including phenoxy) is 3. The first-order chi connectivity index (χ1) is 14.6. The number of esters is 1. The highest BCUT2D eigenvalue weighted by atomic mass is 32.1. The van der Waals surface area contributed by atoms with Crippen LogP contribution in [0.3, 0.4) is 0 Å². The molecule has 1 aliphatic heterocycles. The predicted molar refractivity (Wildman–Crippen MR) is 113 cm³/mol. The second kappa shape index (κ2) is 8.71. The smallest absolute Gasteiger partial charge is 0.326 e. The monoisotopic (exact) mass is 426 g/mol. The first-order valence-corrected chi connectivity index (χ1v) is 10.7. The zero-order chi connectivity index (χ0) is 21.1. The number of thiazole rings is 1. The van der Waals surface area contributed by atoms with E-state index in [9.17, 15) is 9.59 Å². The Balaban J connectivity index is 1.76. The minimum Gasteiger partial charge on any atom is -0.486 e. The van der Waals surface area contributed by atoms with Gasteiger partial charge in [-0.3, -0.25) is 9.59 Å². The molecule has 0 saturated carbocycles. The molecule has 4 rings (SSSR count). The average Bonchev–Trinajstić information content (AvgIpc) is 3.09. The molecule has 1 amide bonds. The van der Waals surface area contributed by atoms with Crippen LogP contribution < -0.4 is 14.3 Å². The summed E-state index contributed by atoms with van der Waals surface area (Å²) in [7, 11) is 0. The Morgan fingerprint density at radius 3 is 2.67 bits per heavy atom. The van der Waals surface area contributed by atoms with E-state index in [1.807, 2.05) is 12.1 Å². The van der Waals surface area contributed by atoms with E-state index in [4.69, 9.17) is 14.2 Å². The number of rotatable bonds is 5. The van der Waals surface area contributed by atoms with Crippen molar-refractivity contribution >= 4 is 33.4 Å². The molecule has 0 spiro atoms. The van der Waals surface area contributed by atoms with Gasteiger partial charge in [0, 0.05) is 5.56 Å². The summed E-state index contributed by atoms with van der Waals surface area (Å²) in [4.78, 5) is 29.8. The molecular weight excluding hydrogens is 404 g/mol. The molecule has 0 unspecified atom stereocenters. The molecule has 0 N–H and O–H groups in total. The minimum atomic E-state index is -0.410. The summed E-state index contributed by atoms with van der Waals surface area (Å²) < 4.78 is 18.9. The van der Waals surface area contributed by atoms with Crippen LogP contribution in [0.25, 0.3) is 10.2 Å². The fraction of sp³-hybridized carbons (Fsp3) is 0.318. The summed E-state index contributed by atoms with van der Waals surface area (Å²) >= 11 is 1.38. The van der Waals surface area contributed by atoms with Gasteiger partial charge in [-0.25, -0.2) is 0 Å². The third kappa shape index (κ3) is 4.09. The van der Waals surface area contributed by atoms with E-state index >= 15 is 0 Å². The van der Waals surface area contributed by atoms with Crippen LogP contribution in [0.4, 0.5) is 0 Å². The molecule has 0 radical (unpaired) electrons. The van der Waals surface area contributed by atoms with Crippen molar-refractivity contribution < 1.29 is 23.8 Å². The number of carbonyl (C=O) groups is 2. The van der Waals surface area contributed by atoms with Gasteiger partial charge in [0.05, 0.1) is 16.8 Å². The number of carbonyl (C=O) groups excluding carboxylic acids is 2. The number of fused-ring (bicyclic) bond motifs is 2. The quantitative estimate of drug-likeness (QED) is 0.585. The lowest BCUT2D eigenvalue weighted by molar-refractivity contribution is -0.143. The zero-order valence-corrected chi connectivity index (χ0v) is 17.7. The third-order valence-electron chi connectivity index (χ3n) is 4.73. The topological polar surface area (TPSA) is 79.1 Å². The highest BCUT2D eigenvalue weighted by molar-refractivity contribution is 7.16. The lowest BCUT2D eigenvalue weighted by atomic mass is 10.2. The molecule has 156 valence electrons. The van der Waals surface area contributed by atoms with Gasteiger partial charge in [-0.15, -0.1) is 0 Å². The summed E-state index contributed by atoms with van der Waals surface area (Å²) in [6, 6.07) is 11.0. The molecule has 1 aromatic heterocycles. The summed E-state index contributed by atoms with van der Waals surface area (Å²) in [5, 5.41) is 0. The fourth-order valence-electron chi connectivity index (χ4n) is 3.24. The van der Waals surface area contributed by atoms with Crippen LogP contribution in [0.15, 0.2) is 41.4 Å². The molecule has 0 fully saturated rings. The molecule has 0 atom stereocenters. The van der Waals surface area contributed by atoms with E-state index in [-0.39, 0.29) is 12.5 Å². The first-order valence-electron chi connectivity index (χ1n) is 9.85. The molecule has 0 bridgehead atoms. The van der Waals surface area contributed by atoms with Gasteiger partial charge in [-0.05, 0) is 49.2 Å². The molecule has 3 aromatic rings. The highest BCUT2D eigenvalue weighted by Gasteiger charge is 2.16. The van der Waals surface area contributed by atoms with Crippen molar-refractivity contribution in [3.8, 4) is 11.5 Å². The van der Waals surface area contributed by atoms with Crippen LogP contribution in [-0.2, 0) is 22.5 Å². The predicted octanol–water partition coefficient (Wildman–Crippen LogP) is 3.34. The van der Waals surface area contributed by atoms with E-state index in [0.29, 0.717) is 41.7 Å². The number of aryl methyl sites for hydroxylation is 1. The van der Waals surface area contributed by atoms with Crippen molar-refractivity contribution in [1.82, 2.24) is 4.57 Å². The normalized spacial score (nSPS) is 13.5. The Morgan fingerprint density at radius 1 is 1.10 bits per heavy atom. The van der Waals surface area contributed by atoms with Gasteiger partial charge in [0.15, 0.2) is 16.3 Å². The maximum absolute atomic E-state index is 12.9. The summed E-state index contributed by atoms with van der Waals surface area (Å²) in [5.41, 5.74) is 2.42. The Kier molecular flexibility index (Phi) is 5.85. The highest BCUT2D eigenvalue weighted by Crippen LogP contribution is 2.31. The van der Waals surface area contributed by atoms with Gasteiger partial charge in [-0.2, -0.15) is 4.99 Å². The van der Waals surface area contributed by atoms with E-state index in [0.717, 1.165) is 16.6 Å². The second-order valence-electron chi connectivity index (χ2n) is 6.71. The van der Waals surface area contributed by atoms with Crippen molar-refractivity contribution in [2.45, 2.75) is 26.8 Å². The van der Waals surface area contributed by atoms with Crippen LogP contribution >= 0.6 is 11.3 Å². The minimum absolute atomic E-state index is 0.00738. The summed E-state index contributed by atoms with van der Waals surface area (Å²) in [5.74, 6) is 0.367. The lowest BCUT2D eigenvalue weighted by Gasteiger charge is -2.18. The van der Waals surface area contributed by atoms with Crippen LogP contribution in [0.1, 0.15) is 29.8 Å². The Bertz CT molecular complexity index is 1180. The van der Waals surface area contributed by atoms with Crippen molar-refractivity contribution in [2.24, 2.45) is 4.99 Å². The molecule has 30 heavy (non-hydrogen) atoms. The number of amides is 1. The molecule has 2 aromatic carbocycles. The number of benzene rings is 2. The van der Waals surface area contributed by atoms with Gasteiger partial charge in [0.1, 0.15) is 19.8 Å². The summed E-state index contributed by atoms with van der Waals surface area (Å²) in [6.07, 6.45) is 0.897. The van der Waals surface area contributed by atoms with Crippen molar-refractivity contribution in [1.29, 1.82) is 0 Å². The molecule has 0 aliphatic carbocycles. The van der Waals surface area contributed by atoms with Crippen LogP contribution in [-0.4, -0.2) is 36.3 Å². The number of aromatic nitrogens is 1. The molecule has 0 saturated heterocycles. The fourth-order valence-corrected chi connectivity index (χ4v) is 4.33. The van der Waals surface area contributed by atoms with Crippen molar-refractivity contribution in [3.63, 3.8) is 0 Å². The second-order valence-corrected chi connectivity index (χ2v) is 7.72. The first kappa shape index (κ1) is 20.2. The third-order valence-corrected chi connectivity index (χ3v) is 5.78. The molecule has 7 nitrogen and oxygen atoms in total. The van der Waals surface area contributed by atoms with Gasteiger partial charge in [0.25, 0.3) is 5.91 Å². The van der Waals surface area contributed by atoms with Gasteiger partial charge >= 0.3 is 5.97 Å². The Labute approximate surface area is 177 Å². The van der Waals surface area contributed by atoms with Crippen LogP contribution in [0, 0.1) is 0 Å². The van der Waals surface area contributed by atoms with Crippen molar-refractivity contribution in [2.75, 3.05) is 19.8 Å². The molecule has 2 heterocycles. The van der Waals surface area contributed by atoms with E-state index in [1.54, 1.807) is 29.7 Å². The molecule has 1 aliphatic rings. The average molecular weight is 426 g/mol. The van der Waals surface area contributed by atoms with Gasteiger partial charge in [0.2, 0.25) is 0 Å². The van der Waals surface area contributed by atoms with Crippen LogP contribution in [0.2, 0.25) is 0 Å². The number of nitrogens with zero attached hydrogens (tertiary/aromatic N) is 2. The van der Waals surface area contributed by atoms with Gasteiger partial charge < -0.3 is 18.8 Å². The number of hydrogen-bond donors (Lipinski definition) is 0. The molecular formula is C22H22N2O5S. The van der Waals surface area contributed by atoms with E-state index in [2.05, 4.69) is 18.0 Å². The SMILES string of the molecule is CCOC(=O)Cn1c(=NC(=O)c2ccc3c(c2)OCCO3)sc2cc(CC)ccc21. The maximum atomic E-state index is 12.9. The molecule has 8 heteroatoms. The van der Waals surface area contributed by atoms with Crippen LogP contribution in [0.5, 0.6) is 11.5 Å². The van der Waals surface area contributed by atoms with E-state index < -0.39 is 5.91 Å². The van der Waals surface area contributed by atoms with E-state index in [1.165, 1.54) is 16.9 Å². The van der Waals surface area contributed by atoms with Gasteiger partial charge in [-0.1, -0.05) is 24.3 Å². The maximum Gasteiger partial charge on any atom is 0.326 e. The van der Waals surface area contributed by atoms with Crippen molar-refractivity contribution in [3.05, 3.63) is 52.3 Å². The Morgan fingerprint density at radius 2 is 1.90 bits per heavy atom. The standard InChI is InChI=1S/C22H22N2O5S/c1-3-14-5-7-16-19(11-14)30-22(24(16)13-20(25)27-4-2)23-21(26)15-6-8-17-18(12-15)29-10-9-28-17/h5-8,11-12H,3-4,9-10,13H2,1-2H3.